The van der Waals surface area contributed by atoms with Gasteiger partial charge < -0.3 is 10.5 Å². The highest BCUT2D eigenvalue weighted by Crippen LogP contribution is 2.35. The average molecular weight is 351 g/mol. The SMILES string of the molecule is Cc1cccc(Oc2ccc(C(C)N)c(Br)c2)c1[N+](=O)[O-]. The number of nitro groups is 1. The number of para-hydroxylation sites is 1. The molecule has 21 heavy (non-hydrogen) atoms. The lowest BCUT2D eigenvalue weighted by Gasteiger charge is -2.12. The topological polar surface area (TPSA) is 78.4 Å². The molecule has 0 saturated carbocycles. The number of nitrogens with two attached hydrogens (primary N) is 1. The summed E-state index contributed by atoms with van der Waals surface area (Å²) in [6, 6.07) is 10.2. The number of rotatable bonds is 4. The monoisotopic (exact) mass is 350 g/mol. The van der Waals surface area contributed by atoms with Crippen molar-refractivity contribution in [2.45, 2.75) is 19.9 Å². The zero-order valence-electron chi connectivity index (χ0n) is 11.7. The van der Waals surface area contributed by atoms with Gasteiger partial charge in [-0.15, -0.1) is 0 Å². The van der Waals surface area contributed by atoms with Gasteiger partial charge in [-0.05, 0) is 37.6 Å². The largest absolute Gasteiger partial charge is 0.450 e. The van der Waals surface area contributed by atoms with Gasteiger partial charge in [0.1, 0.15) is 5.75 Å². The molecular formula is C15H15BrN2O3. The van der Waals surface area contributed by atoms with Crippen LogP contribution in [0.1, 0.15) is 24.1 Å². The Kier molecular flexibility index (Phi) is 4.59. The van der Waals surface area contributed by atoms with Crippen LogP contribution in [0.15, 0.2) is 40.9 Å². The third-order valence-corrected chi connectivity index (χ3v) is 3.76. The summed E-state index contributed by atoms with van der Waals surface area (Å²) in [5.74, 6) is 0.737. The van der Waals surface area contributed by atoms with Crippen molar-refractivity contribution in [3.8, 4) is 11.5 Å². The summed E-state index contributed by atoms with van der Waals surface area (Å²) >= 11 is 3.43. The van der Waals surface area contributed by atoms with Crippen molar-refractivity contribution in [3.63, 3.8) is 0 Å². The van der Waals surface area contributed by atoms with Crippen molar-refractivity contribution in [2.75, 3.05) is 0 Å². The molecule has 0 radical (unpaired) electrons. The molecule has 0 aliphatic carbocycles. The zero-order valence-corrected chi connectivity index (χ0v) is 13.3. The van der Waals surface area contributed by atoms with E-state index < -0.39 is 4.92 Å². The highest BCUT2D eigenvalue weighted by Gasteiger charge is 2.19. The normalized spacial score (nSPS) is 12.0. The van der Waals surface area contributed by atoms with Crippen molar-refractivity contribution in [1.82, 2.24) is 0 Å². The second-order valence-electron chi connectivity index (χ2n) is 4.75. The molecule has 110 valence electrons. The molecule has 0 fully saturated rings. The predicted octanol–water partition coefficient (Wildman–Crippen LogP) is 4.48. The van der Waals surface area contributed by atoms with Crippen LogP contribution >= 0.6 is 15.9 Å². The van der Waals surface area contributed by atoms with Gasteiger partial charge >= 0.3 is 5.69 Å². The van der Waals surface area contributed by atoms with E-state index in [1.165, 1.54) is 0 Å². The highest BCUT2D eigenvalue weighted by atomic mass is 79.9. The van der Waals surface area contributed by atoms with Gasteiger partial charge in [0.2, 0.25) is 5.75 Å². The van der Waals surface area contributed by atoms with Gasteiger partial charge in [0.05, 0.1) is 4.92 Å². The van der Waals surface area contributed by atoms with E-state index in [1.807, 2.05) is 13.0 Å². The number of benzene rings is 2. The molecule has 2 N–H and O–H groups in total. The van der Waals surface area contributed by atoms with E-state index in [1.54, 1.807) is 37.3 Å². The van der Waals surface area contributed by atoms with Crippen LogP contribution in [0.5, 0.6) is 11.5 Å². The quantitative estimate of drug-likeness (QED) is 0.651. The van der Waals surface area contributed by atoms with E-state index >= 15 is 0 Å². The lowest BCUT2D eigenvalue weighted by Crippen LogP contribution is -2.05. The van der Waals surface area contributed by atoms with E-state index in [-0.39, 0.29) is 17.5 Å². The first kappa shape index (κ1) is 15.5. The molecule has 0 aliphatic heterocycles. The minimum Gasteiger partial charge on any atom is -0.450 e. The van der Waals surface area contributed by atoms with Crippen molar-refractivity contribution >= 4 is 21.6 Å². The number of hydrogen-bond acceptors (Lipinski definition) is 4. The van der Waals surface area contributed by atoms with Crippen LogP contribution in [0.2, 0.25) is 0 Å². The van der Waals surface area contributed by atoms with E-state index in [4.69, 9.17) is 10.5 Å². The molecule has 5 nitrogen and oxygen atoms in total. The number of nitrogens with zero attached hydrogens (tertiary/aromatic N) is 1. The van der Waals surface area contributed by atoms with E-state index in [0.29, 0.717) is 11.3 Å². The van der Waals surface area contributed by atoms with Crippen LogP contribution in [-0.2, 0) is 0 Å². The molecule has 2 aromatic carbocycles. The molecular weight excluding hydrogens is 336 g/mol. The van der Waals surface area contributed by atoms with Crippen LogP contribution in [0, 0.1) is 17.0 Å². The maximum Gasteiger partial charge on any atom is 0.314 e. The van der Waals surface area contributed by atoms with Gasteiger partial charge in [-0.25, -0.2) is 0 Å². The molecule has 0 amide bonds. The molecule has 2 rings (SSSR count). The number of hydrogen-bond donors (Lipinski definition) is 1. The maximum absolute atomic E-state index is 11.1. The maximum atomic E-state index is 11.1. The van der Waals surface area contributed by atoms with Crippen molar-refractivity contribution < 1.29 is 9.66 Å². The van der Waals surface area contributed by atoms with Gasteiger partial charge in [-0.3, -0.25) is 10.1 Å². The minimum atomic E-state index is -0.434. The molecule has 0 aliphatic rings. The smallest absolute Gasteiger partial charge is 0.314 e. The Bertz CT molecular complexity index is 687. The summed E-state index contributed by atoms with van der Waals surface area (Å²) in [5, 5.41) is 11.1. The standard InChI is InChI=1S/C15H15BrN2O3/c1-9-4-3-5-14(15(9)18(19)20)21-11-6-7-12(10(2)17)13(16)8-11/h3-8,10H,17H2,1-2H3. The summed E-state index contributed by atoms with van der Waals surface area (Å²) in [5.41, 5.74) is 7.32. The number of ether oxygens (including phenoxy) is 1. The zero-order chi connectivity index (χ0) is 15.6. The van der Waals surface area contributed by atoms with Crippen LogP contribution in [0.25, 0.3) is 0 Å². The fourth-order valence-corrected chi connectivity index (χ4v) is 2.73. The van der Waals surface area contributed by atoms with Crippen molar-refractivity contribution in [1.29, 1.82) is 0 Å². The fraction of sp³-hybridized carbons (Fsp3) is 0.200. The van der Waals surface area contributed by atoms with Gasteiger partial charge in [-0.2, -0.15) is 0 Å². The second kappa shape index (κ2) is 6.24. The first-order valence-corrected chi connectivity index (χ1v) is 7.16. The Morgan fingerprint density at radius 2 is 2.05 bits per heavy atom. The number of aryl methyl sites for hydroxylation is 1. The Morgan fingerprint density at radius 1 is 1.33 bits per heavy atom. The van der Waals surface area contributed by atoms with Crippen molar-refractivity contribution in [3.05, 3.63) is 62.1 Å². The van der Waals surface area contributed by atoms with Crippen LogP contribution in [-0.4, -0.2) is 4.92 Å². The van der Waals surface area contributed by atoms with E-state index in [2.05, 4.69) is 15.9 Å². The molecule has 6 heteroatoms. The fourth-order valence-electron chi connectivity index (χ4n) is 2.02. The molecule has 0 spiro atoms. The highest BCUT2D eigenvalue weighted by molar-refractivity contribution is 9.10. The molecule has 0 bridgehead atoms. The molecule has 0 saturated heterocycles. The van der Waals surface area contributed by atoms with E-state index in [0.717, 1.165) is 10.0 Å². The van der Waals surface area contributed by atoms with Gasteiger partial charge in [0.15, 0.2) is 0 Å². The van der Waals surface area contributed by atoms with Crippen LogP contribution < -0.4 is 10.5 Å². The van der Waals surface area contributed by atoms with E-state index in [9.17, 15) is 10.1 Å². The Balaban J connectivity index is 2.37. The molecule has 0 aromatic heterocycles. The summed E-state index contributed by atoms with van der Waals surface area (Å²) in [6.07, 6.45) is 0. The Hall–Kier alpha value is -1.92. The third-order valence-electron chi connectivity index (χ3n) is 3.07. The minimum absolute atomic E-state index is 0.0232. The van der Waals surface area contributed by atoms with Crippen LogP contribution in [0.3, 0.4) is 0 Å². The van der Waals surface area contributed by atoms with Crippen LogP contribution in [0.4, 0.5) is 5.69 Å². The molecule has 1 atom stereocenters. The Labute approximate surface area is 131 Å². The molecule has 0 heterocycles. The summed E-state index contributed by atoms with van der Waals surface area (Å²) in [4.78, 5) is 10.7. The van der Waals surface area contributed by atoms with Gasteiger partial charge in [-0.1, -0.05) is 34.1 Å². The summed E-state index contributed by atoms with van der Waals surface area (Å²) < 4.78 is 6.47. The molecule has 2 aromatic rings. The summed E-state index contributed by atoms with van der Waals surface area (Å²) in [7, 11) is 0. The van der Waals surface area contributed by atoms with Gasteiger partial charge in [0.25, 0.3) is 0 Å². The predicted molar refractivity (Wildman–Crippen MR) is 84.7 cm³/mol. The first-order chi connectivity index (χ1) is 9.90. The van der Waals surface area contributed by atoms with Crippen molar-refractivity contribution in [2.24, 2.45) is 5.73 Å². The average Bonchev–Trinajstić information content (AvgIpc) is 2.37. The summed E-state index contributed by atoms with van der Waals surface area (Å²) in [6.45, 7) is 3.56. The number of nitro benzene ring substituents is 1. The molecule has 1 unspecified atom stereocenters. The number of halogens is 1. The second-order valence-corrected chi connectivity index (χ2v) is 5.61. The first-order valence-electron chi connectivity index (χ1n) is 6.37. The lowest BCUT2D eigenvalue weighted by molar-refractivity contribution is -0.386. The lowest BCUT2D eigenvalue weighted by atomic mass is 10.1. The van der Waals surface area contributed by atoms with Gasteiger partial charge in [0, 0.05) is 16.1 Å². The third kappa shape index (κ3) is 3.40. The Morgan fingerprint density at radius 3 is 2.62 bits per heavy atom.